The molecule has 0 spiro atoms. The van der Waals surface area contributed by atoms with Gasteiger partial charge in [-0.05, 0) is 40.5 Å². The van der Waals surface area contributed by atoms with Crippen LogP contribution in [0.1, 0.15) is 5.56 Å². The monoisotopic (exact) mass is 361 g/mol. The standard InChI is InChI=1S/C11H9BrClN3O2S/c1-6-2-7(12)9(3-8(6)13)16-5-14-15-11(16)19-4-10(17)18/h2-3,5H,4H2,1H3,(H,17,18). The van der Waals surface area contributed by atoms with Gasteiger partial charge in [0.25, 0.3) is 0 Å². The molecule has 0 saturated carbocycles. The van der Waals surface area contributed by atoms with Crippen molar-refractivity contribution < 1.29 is 9.90 Å². The Bertz CT molecular complexity index is 632. The Morgan fingerprint density at radius 1 is 1.58 bits per heavy atom. The van der Waals surface area contributed by atoms with Crippen molar-refractivity contribution >= 4 is 45.3 Å². The maximum absolute atomic E-state index is 10.6. The van der Waals surface area contributed by atoms with Crippen LogP contribution < -0.4 is 0 Å². The number of halogens is 2. The van der Waals surface area contributed by atoms with Crippen LogP contribution >= 0.6 is 39.3 Å². The van der Waals surface area contributed by atoms with Crippen LogP contribution in [0.15, 0.2) is 28.1 Å². The van der Waals surface area contributed by atoms with Crippen molar-refractivity contribution in [3.63, 3.8) is 0 Å². The van der Waals surface area contributed by atoms with E-state index in [1.54, 1.807) is 10.6 Å². The molecule has 5 nitrogen and oxygen atoms in total. The SMILES string of the molecule is Cc1cc(Br)c(-n2cnnc2SCC(=O)O)cc1Cl. The topological polar surface area (TPSA) is 68.0 Å². The number of aromatic nitrogens is 3. The minimum absolute atomic E-state index is 0.0735. The lowest BCUT2D eigenvalue weighted by Gasteiger charge is -2.10. The third-order valence-corrected chi connectivity index (χ3v) is 4.30. The molecule has 0 bridgehead atoms. The molecule has 19 heavy (non-hydrogen) atoms. The van der Waals surface area contributed by atoms with Crippen LogP contribution in [0, 0.1) is 6.92 Å². The summed E-state index contributed by atoms with van der Waals surface area (Å²) in [6.07, 6.45) is 1.52. The normalized spacial score (nSPS) is 10.7. The summed E-state index contributed by atoms with van der Waals surface area (Å²) in [6.45, 7) is 1.91. The predicted octanol–water partition coefficient (Wildman–Crippen LogP) is 3.17. The van der Waals surface area contributed by atoms with Crippen molar-refractivity contribution in [2.45, 2.75) is 12.1 Å². The fourth-order valence-electron chi connectivity index (χ4n) is 1.43. The van der Waals surface area contributed by atoms with Gasteiger partial charge in [0.05, 0.1) is 11.4 Å². The molecule has 8 heteroatoms. The number of carboxylic acids is 1. The van der Waals surface area contributed by atoms with Crippen LogP contribution in [0.25, 0.3) is 5.69 Å². The number of rotatable bonds is 4. The van der Waals surface area contributed by atoms with Gasteiger partial charge in [0, 0.05) is 9.50 Å². The first-order chi connectivity index (χ1) is 8.99. The zero-order valence-electron chi connectivity index (χ0n) is 9.80. The highest BCUT2D eigenvalue weighted by Gasteiger charge is 2.13. The van der Waals surface area contributed by atoms with Crippen LogP contribution in [0.2, 0.25) is 5.02 Å². The first-order valence-electron chi connectivity index (χ1n) is 5.19. The van der Waals surface area contributed by atoms with Crippen molar-refractivity contribution in [3.05, 3.63) is 33.5 Å². The molecular weight excluding hydrogens is 354 g/mol. The van der Waals surface area contributed by atoms with E-state index in [0.717, 1.165) is 27.5 Å². The lowest BCUT2D eigenvalue weighted by Crippen LogP contribution is -2.02. The van der Waals surface area contributed by atoms with E-state index < -0.39 is 5.97 Å². The fourth-order valence-corrected chi connectivity index (χ4v) is 2.88. The second kappa shape index (κ2) is 5.94. The molecule has 0 aliphatic rings. The first-order valence-corrected chi connectivity index (χ1v) is 7.35. The van der Waals surface area contributed by atoms with Crippen molar-refractivity contribution in [2.24, 2.45) is 0 Å². The van der Waals surface area contributed by atoms with Crippen LogP contribution in [0.5, 0.6) is 0 Å². The predicted molar refractivity (Wildman–Crippen MR) is 77.2 cm³/mol. The smallest absolute Gasteiger partial charge is 0.313 e. The largest absolute Gasteiger partial charge is 0.481 e. The second-order valence-corrected chi connectivity index (χ2v) is 5.92. The highest BCUT2D eigenvalue weighted by molar-refractivity contribution is 9.10. The van der Waals surface area contributed by atoms with E-state index in [4.69, 9.17) is 16.7 Å². The van der Waals surface area contributed by atoms with Gasteiger partial charge in [-0.3, -0.25) is 9.36 Å². The second-order valence-electron chi connectivity index (χ2n) is 3.72. The maximum Gasteiger partial charge on any atom is 0.313 e. The zero-order chi connectivity index (χ0) is 14.0. The van der Waals surface area contributed by atoms with Crippen LogP contribution in [0.3, 0.4) is 0 Å². The van der Waals surface area contributed by atoms with Gasteiger partial charge in [0.1, 0.15) is 6.33 Å². The number of carboxylic acid groups (broad SMARTS) is 1. The molecule has 0 amide bonds. The Kier molecular flexibility index (Phi) is 4.49. The number of hydrogen-bond acceptors (Lipinski definition) is 4. The zero-order valence-corrected chi connectivity index (χ0v) is 13.0. The van der Waals surface area contributed by atoms with Gasteiger partial charge < -0.3 is 5.11 Å². The van der Waals surface area contributed by atoms with Crippen molar-refractivity contribution in [3.8, 4) is 5.69 Å². The van der Waals surface area contributed by atoms with Gasteiger partial charge >= 0.3 is 5.97 Å². The molecule has 0 atom stereocenters. The lowest BCUT2D eigenvalue weighted by atomic mass is 10.2. The van der Waals surface area contributed by atoms with E-state index in [-0.39, 0.29) is 5.75 Å². The summed E-state index contributed by atoms with van der Waals surface area (Å²) in [5, 5.41) is 17.5. The van der Waals surface area contributed by atoms with E-state index in [1.807, 2.05) is 13.0 Å². The van der Waals surface area contributed by atoms with E-state index in [2.05, 4.69) is 26.1 Å². The highest BCUT2D eigenvalue weighted by atomic mass is 79.9. The molecule has 1 aromatic heterocycles. The molecule has 0 radical (unpaired) electrons. The molecular formula is C11H9BrClN3O2S. The number of aliphatic carboxylic acids is 1. The summed E-state index contributed by atoms with van der Waals surface area (Å²) in [7, 11) is 0. The number of carbonyl (C=O) groups is 1. The summed E-state index contributed by atoms with van der Waals surface area (Å²) in [5.41, 5.74) is 1.72. The Morgan fingerprint density at radius 2 is 2.32 bits per heavy atom. The molecule has 0 saturated heterocycles. The Morgan fingerprint density at radius 3 is 3.00 bits per heavy atom. The van der Waals surface area contributed by atoms with E-state index in [9.17, 15) is 4.79 Å². The number of nitrogens with zero attached hydrogens (tertiary/aromatic N) is 3. The Labute approximate surface area is 127 Å². The summed E-state index contributed by atoms with van der Waals surface area (Å²) in [4.78, 5) is 10.6. The van der Waals surface area contributed by atoms with Gasteiger partial charge in [-0.25, -0.2) is 0 Å². The van der Waals surface area contributed by atoms with Crippen molar-refractivity contribution in [1.29, 1.82) is 0 Å². The molecule has 2 aromatic rings. The quantitative estimate of drug-likeness (QED) is 0.846. The minimum Gasteiger partial charge on any atom is -0.481 e. The van der Waals surface area contributed by atoms with Gasteiger partial charge in [0.2, 0.25) is 0 Å². The fraction of sp³-hybridized carbons (Fsp3) is 0.182. The molecule has 0 aliphatic carbocycles. The Hall–Kier alpha value is -1.05. The third-order valence-electron chi connectivity index (χ3n) is 2.33. The summed E-state index contributed by atoms with van der Waals surface area (Å²) in [5.74, 6) is -0.976. The molecule has 1 aromatic carbocycles. The van der Waals surface area contributed by atoms with Crippen LogP contribution in [-0.2, 0) is 4.79 Å². The first kappa shape index (κ1) is 14.4. The van der Waals surface area contributed by atoms with E-state index in [1.165, 1.54) is 6.33 Å². The molecule has 1 N–H and O–H groups in total. The number of thioether (sulfide) groups is 1. The van der Waals surface area contributed by atoms with Gasteiger partial charge in [-0.1, -0.05) is 23.4 Å². The molecule has 2 rings (SSSR count). The highest BCUT2D eigenvalue weighted by Crippen LogP contribution is 2.30. The molecule has 0 unspecified atom stereocenters. The summed E-state index contributed by atoms with van der Waals surface area (Å²) >= 11 is 10.7. The van der Waals surface area contributed by atoms with Gasteiger partial charge in [-0.2, -0.15) is 0 Å². The van der Waals surface area contributed by atoms with Crippen LogP contribution in [0.4, 0.5) is 0 Å². The number of benzene rings is 1. The van der Waals surface area contributed by atoms with E-state index >= 15 is 0 Å². The minimum atomic E-state index is -0.902. The average molecular weight is 363 g/mol. The van der Waals surface area contributed by atoms with Gasteiger partial charge in [0.15, 0.2) is 5.16 Å². The molecule has 1 heterocycles. The average Bonchev–Trinajstić information content (AvgIpc) is 2.79. The van der Waals surface area contributed by atoms with E-state index in [0.29, 0.717) is 10.2 Å². The van der Waals surface area contributed by atoms with Crippen molar-refractivity contribution in [1.82, 2.24) is 14.8 Å². The number of aryl methyl sites for hydroxylation is 1. The lowest BCUT2D eigenvalue weighted by molar-refractivity contribution is -0.133. The summed E-state index contributed by atoms with van der Waals surface area (Å²) in [6, 6.07) is 3.68. The maximum atomic E-state index is 10.6. The van der Waals surface area contributed by atoms with Crippen LogP contribution in [-0.4, -0.2) is 31.6 Å². The van der Waals surface area contributed by atoms with Gasteiger partial charge in [-0.15, -0.1) is 10.2 Å². The Balaban J connectivity index is 2.40. The molecule has 0 fully saturated rings. The molecule has 0 aliphatic heterocycles. The van der Waals surface area contributed by atoms with Crippen molar-refractivity contribution in [2.75, 3.05) is 5.75 Å². The number of hydrogen-bond donors (Lipinski definition) is 1. The summed E-state index contributed by atoms with van der Waals surface area (Å²) < 4.78 is 2.54. The third kappa shape index (κ3) is 3.29. The molecule has 100 valence electrons.